The highest BCUT2D eigenvalue weighted by atomic mass is 32.2. The van der Waals surface area contributed by atoms with Gasteiger partial charge in [-0.2, -0.15) is 0 Å². The summed E-state index contributed by atoms with van der Waals surface area (Å²) in [7, 11) is -3.94. The molecular weight excluding hydrogens is 504 g/mol. The van der Waals surface area contributed by atoms with E-state index in [9.17, 15) is 13.2 Å². The fraction of sp³-hybridized carbons (Fsp3) is 0.375. The summed E-state index contributed by atoms with van der Waals surface area (Å²) in [5.74, 6) is 0.765. The Bertz CT molecular complexity index is 1300. The highest BCUT2D eigenvalue weighted by Crippen LogP contribution is 2.40. The molecule has 11 heteroatoms. The fourth-order valence-electron chi connectivity index (χ4n) is 3.50. The second-order valence-electron chi connectivity index (χ2n) is 9.10. The quantitative estimate of drug-likeness (QED) is 0.340. The van der Waals surface area contributed by atoms with Crippen molar-refractivity contribution < 1.29 is 17.9 Å². The average molecular weight is 533 g/mol. The number of aromatic nitrogens is 2. The van der Waals surface area contributed by atoms with E-state index in [0.29, 0.717) is 16.6 Å². The highest BCUT2D eigenvalue weighted by Gasteiger charge is 2.38. The minimum absolute atomic E-state index is 0.148. The summed E-state index contributed by atoms with van der Waals surface area (Å²) in [4.78, 5) is 13.3. The van der Waals surface area contributed by atoms with Crippen molar-refractivity contribution in [2.75, 3.05) is 21.9 Å². The third-order valence-electron chi connectivity index (χ3n) is 5.38. The number of anilines is 2. The van der Waals surface area contributed by atoms with E-state index in [1.807, 2.05) is 12.1 Å². The van der Waals surface area contributed by atoms with Crippen LogP contribution in [0.2, 0.25) is 0 Å². The first kappa shape index (κ1) is 25.5. The number of hydrogen-bond donors (Lipinski definition) is 1. The molecule has 0 radical (unpaired) electrons. The van der Waals surface area contributed by atoms with E-state index in [2.05, 4.69) is 43.2 Å². The van der Waals surface area contributed by atoms with Crippen molar-refractivity contribution in [3.63, 3.8) is 0 Å². The minimum Gasteiger partial charge on any atom is -0.476 e. The van der Waals surface area contributed by atoms with E-state index < -0.39 is 22.0 Å². The first-order valence-corrected chi connectivity index (χ1v) is 14.5. The van der Waals surface area contributed by atoms with Crippen LogP contribution in [0.4, 0.5) is 10.8 Å². The number of hydrogen-bond acceptors (Lipinski definition) is 8. The van der Waals surface area contributed by atoms with Crippen LogP contribution < -0.4 is 14.4 Å². The predicted octanol–water partition coefficient (Wildman–Crippen LogP) is 4.93. The summed E-state index contributed by atoms with van der Waals surface area (Å²) in [6.45, 7) is 8.08. The van der Waals surface area contributed by atoms with Gasteiger partial charge in [0.05, 0.1) is 17.1 Å². The molecule has 8 nitrogen and oxygen atoms in total. The lowest BCUT2D eigenvalue weighted by Gasteiger charge is -2.35. The molecule has 1 aliphatic heterocycles. The zero-order valence-electron chi connectivity index (χ0n) is 20.0. The topological polar surface area (TPSA) is 101 Å². The van der Waals surface area contributed by atoms with Gasteiger partial charge in [-0.05, 0) is 41.7 Å². The van der Waals surface area contributed by atoms with E-state index in [4.69, 9.17) is 4.74 Å². The number of nitrogens with zero attached hydrogens (tertiary/aromatic N) is 3. The molecule has 0 aliphatic carbocycles. The molecule has 0 saturated carbocycles. The number of thioether (sulfide) groups is 1. The Labute approximate surface area is 214 Å². The number of carbonyl (C=O) groups is 1. The Balaban J connectivity index is 1.66. The van der Waals surface area contributed by atoms with Gasteiger partial charge in [-0.1, -0.05) is 75.1 Å². The van der Waals surface area contributed by atoms with Crippen LogP contribution in [0.15, 0.2) is 57.8 Å². The normalized spacial score (nSPS) is 15.9. The lowest BCUT2D eigenvalue weighted by atomic mass is 9.86. The van der Waals surface area contributed by atoms with Crippen LogP contribution in [0.3, 0.4) is 0 Å². The summed E-state index contributed by atoms with van der Waals surface area (Å²) in [5, 5.41) is 11.2. The summed E-state index contributed by atoms with van der Waals surface area (Å²) in [5.41, 5.74) is 1.18. The van der Waals surface area contributed by atoms with Gasteiger partial charge in [0.15, 0.2) is 10.4 Å². The first-order chi connectivity index (χ1) is 16.6. The van der Waals surface area contributed by atoms with Crippen molar-refractivity contribution in [3.05, 3.63) is 54.1 Å². The SMILES string of the molecule is CCCSc1nnc(NC(=O)[C@H]2CN(S(=O)(=O)c3ccccc3)c3cc(C(C)(C)C)ccc3O2)s1. The van der Waals surface area contributed by atoms with Crippen LogP contribution in [0, 0.1) is 0 Å². The molecule has 2 aromatic carbocycles. The molecule has 3 aromatic rings. The van der Waals surface area contributed by atoms with E-state index in [0.717, 1.165) is 22.1 Å². The first-order valence-electron chi connectivity index (χ1n) is 11.3. The van der Waals surface area contributed by atoms with Crippen LogP contribution in [0.5, 0.6) is 5.75 Å². The largest absolute Gasteiger partial charge is 0.476 e. The number of carbonyl (C=O) groups excluding carboxylic acids is 1. The van der Waals surface area contributed by atoms with E-state index in [1.165, 1.54) is 15.6 Å². The van der Waals surface area contributed by atoms with Crippen LogP contribution in [0.25, 0.3) is 0 Å². The van der Waals surface area contributed by atoms with Crippen LogP contribution in [-0.4, -0.2) is 42.9 Å². The lowest BCUT2D eigenvalue weighted by molar-refractivity contribution is -0.122. The Morgan fingerprint density at radius 3 is 2.63 bits per heavy atom. The Hall–Kier alpha value is -2.63. The maximum absolute atomic E-state index is 13.7. The van der Waals surface area contributed by atoms with Crippen LogP contribution in [0.1, 0.15) is 39.7 Å². The van der Waals surface area contributed by atoms with Gasteiger partial charge in [0, 0.05) is 5.75 Å². The second kappa shape index (κ2) is 10.2. The monoisotopic (exact) mass is 532 g/mol. The summed E-state index contributed by atoms with van der Waals surface area (Å²) < 4.78 is 35.3. The minimum atomic E-state index is -3.94. The molecule has 1 amide bonds. The molecule has 1 N–H and O–H groups in total. The molecule has 1 aliphatic rings. The van der Waals surface area contributed by atoms with Crippen LogP contribution in [-0.2, 0) is 20.2 Å². The van der Waals surface area contributed by atoms with Gasteiger partial charge in [0.25, 0.3) is 15.9 Å². The number of rotatable bonds is 7. The Morgan fingerprint density at radius 1 is 1.20 bits per heavy atom. The van der Waals surface area contributed by atoms with Crippen molar-refractivity contribution in [1.29, 1.82) is 0 Å². The molecule has 0 spiro atoms. The van der Waals surface area contributed by atoms with E-state index in [-0.39, 0.29) is 16.9 Å². The van der Waals surface area contributed by atoms with Gasteiger partial charge in [0.2, 0.25) is 5.13 Å². The maximum atomic E-state index is 13.7. The van der Waals surface area contributed by atoms with Crippen molar-refractivity contribution in [2.45, 2.75) is 54.9 Å². The highest BCUT2D eigenvalue weighted by molar-refractivity contribution is 8.01. The number of fused-ring (bicyclic) bond motifs is 1. The molecular formula is C24H28N4O4S3. The standard InChI is InChI=1S/C24H28N4O4S3/c1-5-13-33-23-27-26-22(34-23)25-21(29)20-15-28(35(30,31)17-9-7-6-8-10-17)18-14-16(24(2,3)4)11-12-19(18)32-20/h6-12,14,20H,5,13,15H2,1-4H3,(H,25,26,29)/t20-/m1/s1. The van der Waals surface area contributed by atoms with E-state index in [1.54, 1.807) is 48.2 Å². The van der Waals surface area contributed by atoms with Gasteiger partial charge >= 0.3 is 0 Å². The molecule has 1 aromatic heterocycles. The molecule has 2 heterocycles. The number of benzene rings is 2. The summed E-state index contributed by atoms with van der Waals surface area (Å²) in [6.07, 6.45) is -0.0543. The third-order valence-corrected chi connectivity index (χ3v) is 9.36. The van der Waals surface area contributed by atoms with E-state index >= 15 is 0 Å². The van der Waals surface area contributed by atoms with Gasteiger partial charge in [-0.3, -0.25) is 14.4 Å². The summed E-state index contributed by atoms with van der Waals surface area (Å²) in [6, 6.07) is 13.7. The predicted molar refractivity (Wildman–Crippen MR) is 140 cm³/mol. The lowest BCUT2D eigenvalue weighted by Crippen LogP contribution is -2.49. The molecule has 0 unspecified atom stereocenters. The maximum Gasteiger partial charge on any atom is 0.269 e. The Morgan fingerprint density at radius 2 is 1.94 bits per heavy atom. The Kier molecular flexibility index (Phi) is 7.39. The molecule has 4 rings (SSSR count). The second-order valence-corrected chi connectivity index (χ2v) is 13.3. The molecule has 186 valence electrons. The molecule has 0 bridgehead atoms. The number of ether oxygens (including phenoxy) is 1. The average Bonchev–Trinajstić information content (AvgIpc) is 3.28. The summed E-state index contributed by atoms with van der Waals surface area (Å²) >= 11 is 2.85. The number of sulfonamides is 1. The van der Waals surface area contributed by atoms with Crippen LogP contribution >= 0.6 is 23.1 Å². The molecule has 1 atom stereocenters. The van der Waals surface area contributed by atoms with Gasteiger partial charge in [-0.15, -0.1) is 10.2 Å². The molecule has 35 heavy (non-hydrogen) atoms. The number of nitrogens with one attached hydrogen (secondary N) is 1. The fourth-order valence-corrected chi connectivity index (χ4v) is 6.66. The van der Waals surface area contributed by atoms with Gasteiger partial charge in [-0.25, -0.2) is 8.42 Å². The number of amides is 1. The van der Waals surface area contributed by atoms with Crippen molar-refractivity contribution in [2.24, 2.45) is 0 Å². The zero-order chi connectivity index (χ0) is 25.2. The molecule has 0 fully saturated rings. The van der Waals surface area contributed by atoms with Gasteiger partial charge in [0.1, 0.15) is 5.75 Å². The third kappa shape index (κ3) is 5.62. The molecule has 0 saturated heterocycles. The van der Waals surface area contributed by atoms with Crippen molar-refractivity contribution in [1.82, 2.24) is 10.2 Å². The smallest absolute Gasteiger partial charge is 0.269 e. The van der Waals surface area contributed by atoms with Crippen molar-refractivity contribution in [3.8, 4) is 5.75 Å². The van der Waals surface area contributed by atoms with Crippen molar-refractivity contribution >= 4 is 49.8 Å². The van der Waals surface area contributed by atoms with Gasteiger partial charge < -0.3 is 4.74 Å². The zero-order valence-corrected chi connectivity index (χ0v) is 22.5.